The maximum atomic E-state index is 10.3. The van der Waals surface area contributed by atoms with Crippen molar-refractivity contribution in [2.45, 2.75) is 25.0 Å². The van der Waals surface area contributed by atoms with Gasteiger partial charge in [0.2, 0.25) is 0 Å². The van der Waals surface area contributed by atoms with Crippen molar-refractivity contribution in [3.8, 4) is 0 Å². The van der Waals surface area contributed by atoms with Crippen LogP contribution in [0.4, 0.5) is 0 Å². The van der Waals surface area contributed by atoms with Crippen LogP contribution in [0.1, 0.15) is 18.5 Å². The van der Waals surface area contributed by atoms with Crippen molar-refractivity contribution in [1.29, 1.82) is 0 Å². The normalized spacial score (nSPS) is 19.1. The Morgan fingerprint density at radius 2 is 2.32 bits per heavy atom. The number of ether oxygens (including phenoxy) is 1. The van der Waals surface area contributed by atoms with Gasteiger partial charge in [-0.2, -0.15) is 0 Å². The average molecular weight is 302 g/mol. The highest BCUT2D eigenvalue weighted by Crippen LogP contribution is 2.22. The van der Waals surface area contributed by atoms with E-state index in [4.69, 9.17) is 16.3 Å². The number of aliphatic hydroxyl groups is 1. The molecule has 1 fully saturated rings. The SMILES string of the molecule is OC1(CNCc2c(Cl)nc3sccn23)CCOCC1. The fourth-order valence-corrected chi connectivity index (χ4v) is 3.33. The molecule has 1 aliphatic heterocycles. The van der Waals surface area contributed by atoms with Gasteiger partial charge in [-0.3, -0.25) is 4.40 Å². The first-order chi connectivity index (χ1) is 9.18. The largest absolute Gasteiger partial charge is 0.388 e. The number of aromatic nitrogens is 2. The van der Waals surface area contributed by atoms with Crippen molar-refractivity contribution in [3.63, 3.8) is 0 Å². The second-order valence-electron chi connectivity index (χ2n) is 4.85. The summed E-state index contributed by atoms with van der Waals surface area (Å²) in [5.74, 6) is 0. The predicted octanol–water partition coefficient (Wildman–Crippen LogP) is 1.68. The van der Waals surface area contributed by atoms with E-state index in [0.29, 0.717) is 44.3 Å². The van der Waals surface area contributed by atoms with E-state index in [0.717, 1.165) is 10.7 Å². The van der Waals surface area contributed by atoms with Gasteiger partial charge in [0.1, 0.15) is 0 Å². The minimum Gasteiger partial charge on any atom is -0.388 e. The van der Waals surface area contributed by atoms with E-state index < -0.39 is 5.60 Å². The Morgan fingerprint density at radius 3 is 3.11 bits per heavy atom. The Balaban J connectivity index is 1.63. The van der Waals surface area contributed by atoms with Gasteiger partial charge in [0.25, 0.3) is 0 Å². The summed E-state index contributed by atoms with van der Waals surface area (Å²) >= 11 is 7.67. The van der Waals surface area contributed by atoms with Crippen LogP contribution < -0.4 is 5.32 Å². The minimum absolute atomic E-state index is 0.526. The number of hydrogen-bond donors (Lipinski definition) is 2. The fourth-order valence-electron chi connectivity index (χ4n) is 2.31. The first-order valence-corrected chi connectivity index (χ1v) is 7.54. The zero-order valence-electron chi connectivity index (χ0n) is 10.4. The smallest absolute Gasteiger partial charge is 0.195 e. The van der Waals surface area contributed by atoms with E-state index in [1.54, 1.807) is 11.3 Å². The van der Waals surface area contributed by atoms with Crippen molar-refractivity contribution in [1.82, 2.24) is 14.7 Å². The molecule has 104 valence electrons. The Bertz CT molecular complexity index is 562. The lowest BCUT2D eigenvalue weighted by Crippen LogP contribution is -2.44. The van der Waals surface area contributed by atoms with Crippen molar-refractivity contribution in [2.75, 3.05) is 19.8 Å². The van der Waals surface area contributed by atoms with Gasteiger partial charge in [-0.15, -0.1) is 11.3 Å². The van der Waals surface area contributed by atoms with Crippen molar-refractivity contribution >= 4 is 27.9 Å². The Kier molecular flexibility index (Phi) is 3.77. The van der Waals surface area contributed by atoms with E-state index in [2.05, 4.69) is 10.3 Å². The van der Waals surface area contributed by atoms with Gasteiger partial charge in [0, 0.05) is 50.7 Å². The molecular formula is C12H16ClN3O2S. The third kappa shape index (κ3) is 2.78. The molecule has 2 N–H and O–H groups in total. The molecule has 0 aromatic carbocycles. The molecule has 0 bridgehead atoms. The van der Waals surface area contributed by atoms with Crippen molar-refractivity contribution in [2.24, 2.45) is 0 Å². The second kappa shape index (κ2) is 5.38. The van der Waals surface area contributed by atoms with Gasteiger partial charge >= 0.3 is 0 Å². The molecule has 0 spiro atoms. The summed E-state index contributed by atoms with van der Waals surface area (Å²) in [5, 5.41) is 16.1. The second-order valence-corrected chi connectivity index (χ2v) is 6.08. The molecule has 7 heteroatoms. The lowest BCUT2D eigenvalue weighted by Gasteiger charge is -2.32. The third-order valence-corrected chi connectivity index (χ3v) is 4.54. The van der Waals surface area contributed by atoms with Gasteiger partial charge in [0.05, 0.1) is 11.3 Å². The maximum absolute atomic E-state index is 10.3. The van der Waals surface area contributed by atoms with Gasteiger partial charge in [-0.05, 0) is 0 Å². The molecule has 1 aliphatic rings. The highest BCUT2D eigenvalue weighted by atomic mass is 35.5. The zero-order valence-corrected chi connectivity index (χ0v) is 12.0. The molecule has 1 saturated heterocycles. The predicted molar refractivity (Wildman–Crippen MR) is 74.8 cm³/mol. The molecule has 2 aromatic rings. The number of thiazole rings is 1. The van der Waals surface area contributed by atoms with Gasteiger partial charge in [-0.25, -0.2) is 4.98 Å². The number of nitrogens with one attached hydrogen (secondary N) is 1. The van der Waals surface area contributed by atoms with Crippen LogP contribution in [0.3, 0.4) is 0 Å². The molecule has 2 aromatic heterocycles. The molecule has 0 aliphatic carbocycles. The van der Waals surface area contributed by atoms with Crippen molar-refractivity contribution < 1.29 is 9.84 Å². The maximum Gasteiger partial charge on any atom is 0.195 e. The van der Waals surface area contributed by atoms with Crippen LogP contribution in [0, 0.1) is 0 Å². The van der Waals surface area contributed by atoms with Crippen LogP contribution in [0.5, 0.6) is 0 Å². The fraction of sp³-hybridized carbons (Fsp3) is 0.583. The molecule has 3 rings (SSSR count). The van der Waals surface area contributed by atoms with E-state index in [9.17, 15) is 5.11 Å². The molecular weight excluding hydrogens is 286 g/mol. The van der Waals surface area contributed by atoms with Crippen molar-refractivity contribution in [3.05, 3.63) is 22.4 Å². The molecule has 5 nitrogen and oxygen atoms in total. The van der Waals surface area contributed by atoms with Crippen LogP contribution in [0.15, 0.2) is 11.6 Å². The van der Waals surface area contributed by atoms with Crippen LogP contribution in [-0.4, -0.2) is 39.9 Å². The lowest BCUT2D eigenvalue weighted by molar-refractivity contribution is -0.0617. The van der Waals surface area contributed by atoms with Gasteiger partial charge in [0.15, 0.2) is 10.1 Å². The number of fused-ring (bicyclic) bond motifs is 1. The zero-order chi connectivity index (χ0) is 13.3. The van der Waals surface area contributed by atoms with E-state index in [1.807, 2.05) is 16.0 Å². The topological polar surface area (TPSA) is 58.8 Å². The first-order valence-electron chi connectivity index (χ1n) is 6.29. The molecule has 0 amide bonds. The summed E-state index contributed by atoms with van der Waals surface area (Å²) in [7, 11) is 0. The Morgan fingerprint density at radius 1 is 1.53 bits per heavy atom. The average Bonchev–Trinajstić information content (AvgIpc) is 2.93. The summed E-state index contributed by atoms with van der Waals surface area (Å²) in [6.45, 7) is 2.39. The van der Waals surface area contributed by atoms with Gasteiger partial charge in [-0.1, -0.05) is 11.6 Å². The van der Waals surface area contributed by atoms with E-state index >= 15 is 0 Å². The summed E-state index contributed by atoms with van der Waals surface area (Å²) in [6, 6.07) is 0. The monoisotopic (exact) mass is 301 g/mol. The molecule has 0 saturated carbocycles. The number of rotatable bonds is 4. The first kappa shape index (κ1) is 13.3. The summed E-state index contributed by atoms with van der Waals surface area (Å²) in [5.41, 5.74) is 0.275. The van der Waals surface area contributed by atoms with Crippen LogP contribution in [0.25, 0.3) is 4.96 Å². The molecule has 3 heterocycles. The Labute approximate surface area is 120 Å². The summed E-state index contributed by atoms with van der Waals surface area (Å²) < 4.78 is 7.24. The number of nitrogens with zero attached hydrogens (tertiary/aromatic N) is 2. The van der Waals surface area contributed by atoms with E-state index in [-0.39, 0.29) is 0 Å². The molecule has 0 atom stereocenters. The van der Waals surface area contributed by atoms with Crippen LogP contribution in [-0.2, 0) is 11.3 Å². The number of hydrogen-bond acceptors (Lipinski definition) is 5. The standard InChI is InChI=1S/C12H16ClN3O2S/c13-10-9(16-3-6-19-11(16)15-10)7-14-8-12(17)1-4-18-5-2-12/h3,6,14,17H,1-2,4-5,7-8H2. The highest BCUT2D eigenvalue weighted by Gasteiger charge is 2.29. The quantitative estimate of drug-likeness (QED) is 0.902. The minimum atomic E-state index is -0.664. The summed E-state index contributed by atoms with van der Waals surface area (Å²) in [6.07, 6.45) is 3.31. The number of imidazole rings is 1. The Hall–Kier alpha value is -0.660. The lowest BCUT2D eigenvalue weighted by atomic mass is 9.94. The number of halogens is 1. The van der Waals surface area contributed by atoms with E-state index in [1.165, 1.54) is 0 Å². The van der Waals surface area contributed by atoms with Crippen LogP contribution in [0.2, 0.25) is 5.15 Å². The van der Waals surface area contributed by atoms with Crippen LogP contribution >= 0.6 is 22.9 Å². The molecule has 19 heavy (non-hydrogen) atoms. The molecule has 0 radical (unpaired) electrons. The van der Waals surface area contributed by atoms with Gasteiger partial charge < -0.3 is 15.2 Å². The molecule has 0 unspecified atom stereocenters. The summed E-state index contributed by atoms with van der Waals surface area (Å²) in [4.78, 5) is 5.18. The third-order valence-electron chi connectivity index (χ3n) is 3.48. The highest BCUT2D eigenvalue weighted by molar-refractivity contribution is 7.15.